The summed E-state index contributed by atoms with van der Waals surface area (Å²) in [6.07, 6.45) is -0.154. The van der Waals surface area contributed by atoms with Gasteiger partial charge in [-0.15, -0.1) is 0 Å². The molecule has 8 heteroatoms. The normalized spacial score (nSPS) is 12.6. The van der Waals surface area contributed by atoms with Crippen LogP contribution in [0.5, 0.6) is 0 Å². The zero-order valence-corrected chi connectivity index (χ0v) is 17.0. The Hall–Kier alpha value is -2.55. The van der Waals surface area contributed by atoms with Crippen LogP contribution in [0.15, 0.2) is 53.4 Å². The SMILES string of the molecule is CCc1ccc(C(=O)C(C)OC(=O)c2cccc(S(=O)(=O)N(C)OC)c2)cc1. The number of carbonyl (C=O) groups excluding carboxylic acids is 2. The van der Waals surface area contributed by atoms with Gasteiger partial charge in [-0.2, -0.15) is 0 Å². The highest BCUT2D eigenvalue weighted by atomic mass is 32.2. The number of hydroxylamine groups is 1. The third kappa shape index (κ3) is 4.83. The van der Waals surface area contributed by atoms with Crippen molar-refractivity contribution in [3.63, 3.8) is 0 Å². The maximum absolute atomic E-state index is 12.5. The fourth-order valence-corrected chi connectivity index (χ4v) is 3.47. The zero-order valence-electron chi connectivity index (χ0n) is 16.2. The number of hydrogen-bond acceptors (Lipinski definition) is 6. The molecule has 0 bridgehead atoms. The molecular formula is C20H23NO6S. The van der Waals surface area contributed by atoms with E-state index in [0.29, 0.717) is 10.0 Å². The first-order chi connectivity index (χ1) is 13.2. The maximum atomic E-state index is 12.5. The lowest BCUT2D eigenvalue weighted by Gasteiger charge is -2.15. The molecule has 0 amide bonds. The number of ether oxygens (including phenoxy) is 1. The summed E-state index contributed by atoms with van der Waals surface area (Å²) in [6.45, 7) is 3.49. The molecule has 0 saturated heterocycles. The van der Waals surface area contributed by atoms with Crippen molar-refractivity contribution in [2.24, 2.45) is 0 Å². The van der Waals surface area contributed by atoms with Crippen molar-refractivity contribution in [2.45, 2.75) is 31.3 Å². The Morgan fingerprint density at radius 2 is 1.71 bits per heavy atom. The van der Waals surface area contributed by atoms with Crippen molar-refractivity contribution >= 4 is 21.8 Å². The van der Waals surface area contributed by atoms with E-state index in [-0.39, 0.29) is 16.2 Å². The summed E-state index contributed by atoms with van der Waals surface area (Å²) in [5.41, 5.74) is 1.56. The minimum Gasteiger partial charge on any atom is -0.451 e. The van der Waals surface area contributed by atoms with Gasteiger partial charge < -0.3 is 4.74 Å². The van der Waals surface area contributed by atoms with Gasteiger partial charge in [0.05, 0.1) is 17.6 Å². The van der Waals surface area contributed by atoms with E-state index >= 15 is 0 Å². The third-order valence-corrected chi connectivity index (χ3v) is 5.94. The third-order valence-electron chi connectivity index (χ3n) is 4.26. The molecular weight excluding hydrogens is 382 g/mol. The van der Waals surface area contributed by atoms with Crippen molar-refractivity contribution in [1.29, 1.82) is 0 Å². The number of rotatable bonds is 8. The lowest BCUT2D eigenvalue weighted by atomic mass is 10.0. The number of ketones is 1. The van der Waals surface area contributed by atoms with Gasteiger partial charge in [-0.25, -0.2) is 13.2 Å². The van der Waals surface area contributed by atoms with Crippen molar-refractivity contribution < 1.29 is 27.6 Å². The van der Waals surface area contributed by atoms with Gasteiger partial charge in [0.1, 0.15) is 0 Å². The first-order valence-electron chi connectivity index (χ1n) is 8.68. The number of nitrogens with zero attached hydrogens (tertiary/aromatic N) is 1. The molecule has 0 aromatic heterocycles. The average molecular weight is 405 g/mol. The maximum Gasteiger partial charge on any atom is 0.338 e. The van der Waals surface area contributed by atoms with Gasteiger partial charge in [0, 0.05) is 12.6 Å². The molecule has 0 aliphatic carbocycles. The highest BCUT2D eigenvalue weighted by Gasteiger charge is 2.24. The molecule has 1 unspecified atom stereocenters. The molecule has 7 nitrogen and oxygen atoms in total. The fraction of sp³-hybridized carbons (Fsp3) is 0.300. The molecule has 150 valence electrons. The topological polar surface area (TPSA) is 90.0 Å². The first kappa shape index (κ1) is 21.7. The average Bonchev–Trinajstić information content (AvgIpc) is 2.72. The van der Waals surface area contributed by atoms with E-state index in [0.717, 1.165) is 12.0 Å². The number of sulfonamides is 1. The lowest BCUT2D eigenvalue weighted by molar-refractivity contribution is -0.0258. The minimum atomic E-state index is -3.90. The van der Waals surface area contributed by atoms with Crippen LogP contribution in [0.25, 0.3) is 0 Å². The standard InChI is InChI=1S/C20H23NO6S/c1-5-15-9-11-16(12-10-15)19(22)14(2)27-20(23)17-7-6-8-18(13-17)28(24,25)21(3)26-4/h6-14H,5H2,1-4H3. The second-order valence-corrected chi connectivity index (χ2v) is 8.02. The molecule has 0 heterocycles. The van der Waals surface area contributed by atoms with Crippen LogP contribution in [0.1, 0.15) is 40.1 Å². The summed E-state index contributed by atoms with van der Waals surface area (Å²) in [4.78, 5) is 29.5. The number of hydrogen-bond donors (Lipinski definition) is 0. The van der Waals surface area contributed by atoms with E-state index in [1.165, 1.54) is 45.3 Å². The molecule has 28 heavy (non-hydrogen) atoms. The number of aryl methyl sites for hydroxylation is 1. The molecule has 2 aromatic carbocycles. The summed E-state index contributed by atoms with van der Waals surface area (Å²) >= 11 is 0. The van der Waals surface area contributed by atoms with Crippen molar-refractivity contribution in [3.05, 3.63) is 65.2 Å². The Kier molecular flexibility index (Phi) is 7.06. The Bertz CT molecular complexity index is 953. The van der Waals surface area contributed by atoms with Crippen LogP contribution < -0.4 is 0 Å². The Morgan fingerprint density at radius 1 is 1.07 bits per heavy atom. The first-order valence-corrected chi connectivity index (χ1v) is 10.1. The summed E-state index contributed by atoms with van der Waals surface area (Å²) in [6, 6.07) is 12.4. The van der Waals surface area contributed by atoms with Gasteiger partial charge >= 0.3 is 5.97 Å². The second-order valence-electron chi connectivity index (χ2n) is 6.09. The van der Waals surface area contributed by atoms with Gasteiger partial charge in [0.15, 0.2) is 6.10 Å². The lowest BCUT2D eigenvalue weighted by Crippen LogP contribution is -2.26. The molecule has 0 fully saturated rings. The zero-order chi connectivity index (χ0) is 20.9. The molecule has 1 atom stereocenters. The van der Waals surface area contributed by atoms with Crippen LogP contribution >= 0.6 is 0 Å². The highest BCUT2D eigenvalue weighted by Crippen LogP contribution is 2.18. The van der Waals surface area contributed by atoms with E-state index in [1.807, 2.05) is 19.1 Å². The molecule has 0 aliphatic heterocycles. The van der Waals surface area contributed by atoms with Crippen molar-refractivity contribution in [2.75, 3.05) is 14.2 Å². The Labute approximate surface area is 164 Å². The number of carbonyl (C=O) groups is 2. The fourth-order valence-electron chi connectivity index (χ4n) is 2.45. The smallest absolute Gasteiger partial charge is 0.338 e. The minimum absolute atomic E-state index is 0.0200. The number of esters is 1. The van der Waals surface area contributed by atoms with Gasteiger partial charge in [-0.3, -0.25) is 9.63 Å². The van der Waals surface area contributed by atoms with Crippen LogP contribution in [0.4, 0.5) is 0 Å². The Morgan fingerprint density at radius 3 is 2.29 bits per heavy atom. The summed E-state index contributed by atoms with van der Waals surface area (Å²) in [5.74, 6) is -1.12. The number of Topliss-reactive ketones (excluding diaryl/α,β-unsaturated/α-hetero) is 1. The van der Waals surface area contributed by atoms with Gasteiger partial charge in [-0.1, -0.05) is 41.7 Å². The predicted molar refractivity (Wildman–Crippen MR) is 103 cm³/mol. The summed E-state index contributed by atoms with van der Waals surface area (Å²) in [7, 11) is -1.44. The van der Waals surface area contributed by atoms with Crippen molar-refractivity contribution in [1.82, 2.24) is 4.47 Å². The molecule has 0 aliphatic rings. The van der Waals surface area contributed by atoms with Crippen LogP contribution in [-0.2, 0) is 26.0 Å². The van der Waals surface area contributed by atoms with Crippen LogP contribution in [-0.4, -0.2) is 44.9 Å². The highest BCUT2D eigenvalue weighted by molar-refractivity contribution is 7.89. The van der Waals surface area contributed by atoms with E-state index < -0.39 is 22.1 Å². The summed E-state index contributed by atoms with van der Waals surface area (Å²) < 4.78 is 30.5. The molecule has 2 rings (SSSR count). The van der Waals surface area contributed by atoms with E-state index in [4.69, 9.17) is 9.57 Å². The van der Waals surface area contributed by atoms with Crippen LogP contribution in [0, 0.1) is 0 Å². The molecule has 0 spiro atoms. The molecule has 0 N–H and O–H groups in total. The van der Waals surface area contributed by atoms with Gasteiger partial charge in [0.25, 0.3) is 10.0 Å². The largest absolute Gasteiger partial charge is 0.451 e. The molecule has 0 saturated carbocycles. The quantitative estimate of drug-likeness (QED) is 0.381. The van der Waals surface area contributed by atoms with E-state index in [2.05, 4.69) is 0 Å². The van der Waals surface area contributed by atoms with Crippen LogP contribution in [0.2, 0.25) is 0 Å². The Balaban J connectivity index is 2.15. The molecule has 2 aromatic rings. The van der Waals surface area contributed by atoms with Gasteiger partial charge in [0.2, 0.25) is 5.78 Å². The predicted octanol–water partition coefficient (Wildman–Crippen LogP) is 2.86. The van der Waals surface area contributed by atoms with E-state index in [9.17, 15) is 18.0 Å². The summed E-state index contributed by atoms with van der Waals surface area (Å²) in [5, 5.41) is 0. The second kappa shape index (κ2) is 9.09. The molecule has 0 radical (unpaired) electrons. The monoisotopic (exact) mass is 405 g/mol. The van der Waals surface area contributed by atoms with Crippen molar-refractivity contribution in [3.8, 4) is 0 Å². The van der Waals surface area contributed by atoms with Crippen LogP contribution in [0.3, 0.4) is 0 Å². The van der Waals surface area contributed by atoms with Gasteiger partial charge in [-0.05, 0) is 37.1 Å². The number of benzene rings is 2. The van der Waals surface area contributed by atoms with E-state index in [1.54, 1.807) is 12.1 Å².